The van der Waals surface area contributed by atoms with Crippen molar-refractivity contribution in [1.29, 1.82) is 5.26 Å². The molecule has 0 bridgehead atoms. The lowest BCUT2D eigenvalue weighted by Crippen LogP contribution is -2.21. The molecule has 0 unspecified atom stereocenters. The lowest BCUT2D eigenvalue weighted by atomic mass is 9.96. The van der Waals surface area contributed by atoms with Gasteiger partial charge in [-0.05, 0) is 80.1 Å². The minimum absolute atomic E-state index is 0.179. The first-order valence-electron chi connectivity index (χ1n) is 11.1. The maximum Gasteiger partial charge on any atom is 0.261 e. The Morgan fingerprint density at radius 1 is 1.18 bits per heavy atom. The summed E-state index contributed by atoms with van der Waals surface area (Å²) in [6.45, 7) is 1.97. The van der Waals surface area contributed by atoms with Gasteiger partial charge in [-0.1, -0.05) is 12.1 Å². The highest BCUT2D eigenvalue weighted by molar-refractivity contribution is 7.16. The first-order chi connectivity index (χ1) is 16.6. The molecule has 170 valence electrons. The van der Waals surface area contributed by atoms with Gasteiger partial charge in [0.15, 0.2) is 0 Å². The number of hydrogen-bond donors (Lipinski definition) is 1. The van der Waals surface area contributed by atoms with Gasteiger partial charge in [-0.15, -0.1) is 11.3 Å². The van der Waals surface area contributed by atoms with Gasteiger partial charge in [0.2, 0.25) is 5.55 Å². The number of nitrogens with one attached hydrogen (secondary N) is 1. The fraction of sp³-hybridized carbons (Fsp3) is 0.222. The molecule has 0 aliphatic heterocycles. The van der Waals surface area contributed by atoms with Crippen molar-refractivity contribution in [3.8, 4) is 11.8 Å². The van der Waals surface area contributed by atoms with Crippen LogP contribution in [-0.2, 0) is 12.8 Å². The zero-order valence-corrected chi connectivity index (χ0v) is 19.8. The summed E-state index contributed by atoms with van der Waals surface area (Å²) in [5, 5.41) is 14.1. The largest absolute Gasteiger partial charge is 0.497 e. The highest BCUT2D eigenvalue weighted by Crippen LogP contribution is 2.39. The molecular weight excluding hydrogens is 446 g/mol. The molecular formula is C27H23N3O3S. The fourth-order valence-corrected chi connectivity index (χ4v) is 5.45. The number of ether oxygens (including phenoxy) is 1. The van der Waals surface area contributed by atoms with Crippen LogP contribution in [0.1, 0.15) is 44.8 Å². The molecule has 7 heteroatoms. The lowest BCUT2D eigenvalue weighted by molar-refractivity contribution is 0.102. The molecule has 5 rings (SSSR count). The SMILES string of the molecule is COc1ccc2oc(=Nc3sc4c(c3C#N)CCCC4)c(C(=O)Nc3cccc(C)c3)cc2c1. The Balaban J connectivity index is 1.68. The second-order valence-corrected chi connectivity index (χ2v) is 9.39. The van der Waals surface area contributed by atoms with Crippen LogP contribution in [-0.4, -0.2) is 13.0 Å². The summed E-state index contributed by atoms with van der Waals surface area (Å²) in [5.74, 6) is 0.327. The first-order valence-corrected chi connectivity index (χ1v) is 12.0. The zero-order chi connectivity index (χ0) is 23.7. The first kappa shape index (κ1) is 21.9. The van der Waals surface area contributed by atoms with Crippen molar-refractivity contribution < 1.29 is 13.9 Å². The molecule has 1 amide bonds. The van der Waals surface area contributed by atoms with Gasteiger partial charge >= 0.3 is 0 Å². The smallest absolute Gasteiger partial charge is 0.261 e. The van der Waals surface area contributed by atoms with Crippen molar-refractivity contribution >= 4 is 38.9 Å². The second kappa shape index (κ2) is 9.16. The number of nitriles is 1. The van der Waals surface area contributed by atoms with Gasteiger partial charge in [0, 0.05) is 16.0 Å². The monoisotopic (exact) mass is 469 g/mol. The Morgan fingerprint density at radius 3 is 2.82 bits per heavy atom. The van der Waals surface area contributed by atoms with E-state index in [0.717, 1.165) is 42.2 Å². The number of methoxy groups -OCH3 is 1. The van der Waals surface area contributed by atoms with Crippen molar-refractivity contribution in [3.63, 3.8) is 0 Å². The third-order valence-corrected chi connectivity index (χ3v) is 7.13. The van der Waals surface area contributed by atoms with E-state index >= 15 is 0 Å². The van der Waals surface area contributed by atoms with Crippen LogP contribution in [0.2, 0.25) is 0 Å². The molecule has 1 aliphatic rings. The van der Waals surface area contributed by atoms with Crippen molar-refractivity contribution in [3.05, 3.63) is 81.2 Å². The number of benzene rings is 2. The van der Waals surface area contributed by atoms with E-state index in [2.05, 4.69) is 11.4 Å². The number of aryl methyl sites for hydroxylation is 2. The van der Waals surface area contributed by atoms with Crippen molar-refractivity contribution in [2.75, 3.05) is 12.4 Å². The van der Waals surface area contributed by atoms with E-state index in [-0.39, 0.29) is 17.0 Å². The lowest BCUT2D eigenvalue weighted by Gasteiger charge is -2.09. The van der Waals surface area contributed by atoms with Crippen LogP contribution in [0.5, 0.6) is 5.75 Å². The minimum atomic E-state index is -0.336. The maximum atomic E-state index is 13.4. The quantitative estimate of drug-likeness (QED) is 0.394. The summed E-state index contributed by atoms with van der Waals surface area (Å²) >= 11 is 1.52. The highest BCUT2D eigenvalue weighted by Gasteiger charge is 2.21. The molecule has 0 fully saturated rings. The minimum Gasteiger partial charge on any atom is -0.497 e. The Hall–Kier alpha value is -3.89. The number of fused-ring (bicyclic) bond motifs is 2. The normalized spacial score (nSPS) is 13.4. The summed E-state index contributed by atoms with van der Waals surface area (Å²) in [6, 6.07) is 17.1. The number of amides is 1. The standard InChI is InChI=1S/C27H23N3O3S/c1-16-6-5-7-18(12-16)29-25(31)21-14-17-13-19(32-2)10-11-23(17)33-26(21)30-27-22(15-28)20-8-3-4-9-24(20)34-27/h5-7,10-14H,3-4,8-9H2,1-2H3,(H,29,31). The van der Waals surface area contributed by atoms with Crippen molar-refractivity contribution in [2.45, 2.75) is 32.6 Å². The summed E-state index contributed by atoms with van der Waals surface area (Å²) < 4.78 is 11.5. The van der Waals surface area contributed by atoms with Crippen LogP contribution >= 0.6 is 11.3 Å². The van der Waals surface area contributed by atoms with Gasteiger partial charge in [0.05, 0.1) is 12.7 Å². The number of rotatable bonds is 4. The van der Waals surface area contributed by atoms with E-state index in [9.17, 15) is 10.1 Å². The molecule has 0 radical (unpaired) electrons. The molecule has 0 spiro atoms. The van der Waals surface area contributed by atoms with Crippen LogP contribution < -0.4 is 15.6 Å². The van der Waals surface area contributed by atoms with Gasteiger partial charge < -0.3 is 14.5 Å². The Kier molecular flexibility index (Phi) is 5.91. The molecule has 0 saturated heterocycles. The molecule has 1 aliphatic carbocycles. The number of nitrogens with zero attached hydrogens (tertiary/aromatic N) is 2. The predicted octanol–water partition coefficient (Wildman–Crippen LogP) is 6.05. The van der Waals surface area contributed by atoms with E-state index in [1.165, 1.54) is 16.2 Å². The number of carbonyl (C=O) groups is 1. The third-order valence-electron chi connectivity index (χ3n) is 5.94. The summed E-state index contributed by atoms with van der Waals surface area (Å²) in [7, 11) is 1.59. The Labute approximate surface area is 201 Å². The molecule has 34 heavy (non-hydrogen) atoms. The van der Waals surface area contributed by atoms with E-state index in [1.54, 1.807) is 25.3 Å². The molecule has 0 saturated carbocycles. The van der Waals surface area contributed by atoms with Crippen LogP contribution in [0.4, 0.5) is 10.7 Å². The van der Waals surface area contributed by atoms with E-state index in [1.807, 2.05) is 37.3 Å². The zero-order valence-electron chi connectivity index (χ0n) is 19.0. The number of carbonyl (C=O) groups excluding carboxylic acids is 1. The molecule has 4 aromatic rings. The van der Waals surface area contributed by atoms with Crippen LogP contribution in [0.15, 0.2) is 57.9 Å². The van der Waals surface area contributed by atoms with Crippen LogP contribution in [0.25, 0.3) is 11.0 Å². The Bertz CT molecular complexity index is 1520. The molecule has 2 heterocycles. The van der Waals surface area contributed by atoms with Crippen molar-refractivity contribution in [2.24, 2.45) is 4.99 Å². The predicted molar refractivity (Wildman–Crippen MR) is 133 cm³/mol. The van der Waals surface area contributed by atoms with Crippen molar-refractivity contribution in [1.82, 2.24) is 0 Å². The topological polar surface area (TPSA) is 87.6 Å². The van der Waals surface area contributed by atoms with Crippen LogP contribution in [0.3, 0.4) is 0 Å². The summed E-state index contributed by atoms with van der Waals surface area (Å²) in [4.78, 5) is 19.3. The number of anilines is 1. The molecule has 2 aromatic carbocycles. The Morgan fingerprint density at radius 2 is 2.03 bits per heavy atom. The van der Waals surface area contributed by atoms with E-state index in [4.69, 9.17) is 14.1 Å². The second-order valence-electron chi connectivity index (χ2n) is 8.31. The molecule has 1 N–H and O–H groups in total. The van der Waals surface area contributed by atoms with Gasteiger partial charge in [0.1, 0.15) is 28.0 Å². The maximum absolute atomic E-state index is 13.4. The van der Waals surface area contributed by atoms with E-state index < -0.39 is 0 Å². The van der Waals surface area contributed by atoms with Gasteiger partial charge in [-0.3, -0.25) is 4.79 Å². The average Bonchev–Trinajstić information content (AvgIpc) is 3.20. The summed E-state index contributed by atoms with van der Waals surface area (Å²) in [5.41, 5.74) is 4.45. The third kappa shape index (κ3) is 4.20. The van der Waals surface area contributed by atoms with Crippen LogP contribution in [0, 0.1) is 18.3 Å². The number of thiophene rings is 1. The highest BCUT2D eigenvalue weighted by atomic mass is 32.1. The molecule has 2 aromatic heterocycles. The summed E-state index contributed by atoms with van der Waals surface area (Å²) in [6.07, 6.45) is 4.04. The van der Waals surface area contributed by atoms with Gasteiger partial charge in [-0.2, -0.15) is 5.26 Å². The number of hydrogen-bond acceptors (Lipinski definition) is 6. The van der Waals surface area contributed by atoms with E-state index in [0.29, 0.717) is 27.6 Å². The average molecular weight is 470 g/mol. The molecule has 0 atom stereocenters. The molecule has 6 nitrogen and oxygen atoms in total. The van der Waals surface area contributed by atoms with Gasteiger partial charge in [0.25, 0.3) is 5.91 Å². The van der Waals surface area contributed by atoms with Gasteiger partial charge in [-0.25, -0.2) is 4.99 Å². The fourth-order valence-electron chi connectivity index (χ4n) is 4.24.